The Bertz CT molecular complexity index is 1050. The number of nitrogens with zero attached hydrogens (tertiary/aromatic N) is 4. The molecule has 0 aliphatic rings. The molecule has 0 fully saturated rings. The maximum absolute atomic E-state index is 11.5. The molecule has 0 atom stereocenters. The molecule has 0 unspecified atom stereocenters. The summed E-state index contributed by atoms with van der Waals surface area (Å²) in [7, 11) is 1.39. The van der Waals surface area contributed by atoms with Gasteiger partial charge in [0.25, 0.3) is 5.69 Å². The molecule has 1 aromatic heterocycles. The molecule has 0 saturated heterocycles. The van der Waals surface area contributed by atoms with Gasteiger partial charge in [0, 0.05) is 18.7 Å². The van der Waals surface area contributed by atoms with Crippen molar-refractivity contribution in [2.45, 2.75) is 0 Å². The summed E-state index contributed by atoms with van der Waals surface area (Å²) in [5.74, 6) is 0.304. The number of nitrogens with one attached hydrogen (secondary N) is 2. The number of aliphatic hydroxyl groups is 1. The number of methoxy groups -OCH3 is 1. The maximum Gasteiger partial charge on any atom is 0.323 e. The molecule has 2 aromatic carbocycles. The lowest BCUT2D eigenvalue weighted by molar-refractivity contribution is -0.384. The maximum atomic E-state index is 11.5. The highest BCUT2D eigenvalue weighted by molar-refractivity contribution is 6.00. The van der Waals surface area contributed by atoms with E-state index < -0.39 is 9.85 Å². The first-order valence-corrected chi connectivity index (χ1v) is 7.84. The van der Waals surface area contributed by atoms with E-state index >= 15 is 0 Å². The smallest absolute Gasteiger partial charge is 0.323 e. The second kappa shape index (κ2) is 7.71. The van der Waals surface area contributed by atoms with Crippen molar-refractivity contribution in [3.05, 3.63) is 44.5 Å². The number of hydrogen-bond acceptors (Lipinski definition) is 11. The van der Waals surface area contributed by atoms with Crippen molar-refractivity contribution in [3.63, 3.8) is 0 Å². The van der Waals surface area contributed by atoms with Gasteiger partial charge in [0.1, 0.15) is 11.4 Å². The lowest BCUT2D eigenvalue weighted by atomic mass is 10.1. The van der Waals surface area contributed by atoms with Gasteiger partial charge in [-0.2, -0.15) is 0 Å². The molecule has 146 valence electrons. The number of anilines is 3. The molecule has 0 aliphatic heterocycles. The largest absolute Gasteiger partial charge is 0.495 e. The molecule has 0 aliphatic carbocycles. The topological polar surface area (TPSA) is 179 Å². The van der Waals surface area contributed by atoms with E-state index in [2.05, 4.69) is 25.6 Å². The van der Waals surface area contributed by atoms with Crippen LogP contribution < -0.4 is 15.4 Å². The molecule has 0 spiro atoms. The molecule has 3 rings (SSSR count). The van der Waals surface area contributed by atoms with Crippen LogP contribution in [0.3, 0.4) is 0 Å². The standard InChI is InChI=1S/C15H14N6O7/c1-27-12-3-2-8(20(23)24)6-9(12)17-10-7-11(16-4-5-22)15(21(25)26)14-13(10)18-28-19-14/h2-3,6-7,16-17,22H,4-5H2,1H3. The van der Waals surface area contributed by atoms with Crippen molar-refractivity contribution in [2.75, 3.05) is 30.9 Å². The lowest BCUT2D eigenvalue weighted by Crippen LogP contribution is -2.08. The minimum Gasteiger partial charge on any atom is -0.495 e. The highest BCUT2D eigenvalue weighted by Crippen LogP contribution is 2.39. The number of nitro benzene ring substituents is 2. The van der Waals surface area contributed by atoms with Crippen LogP contribution in [0.25, 0.3) is 11.0 Å². The number of non-ortho nitro benzene ring substituents is 1. The number of aliphatic hydroxyl groups excluding tert-OH is 1. The lowest BCUT2D eigenvalue weighted by Gasteiger charge is -2.13. The molecular formula is C15H14N6O7. The Balaban J connectivity index is 2.15. The van der Waals surface area contributed by atoms with Crippen LogP contribution >= 0.6 is 0 Å². The quantitative estimate of drug-likeness (QED) is 0.379. The Kier molecular flexibility index (Phi) is 5.17. The summed E-state index contributed by atoms with van der Waals surface area (Å²) in [6.07, 6.45) is 0. The van der Waals surface area contributed by atoms with E-state index in [-0.39, 0.29) is 52.6 Å². The van der Waals surface area contributed by atoms with Gasteiger partial charge in [-0.3, -0.25) is 20.2 Å². The first-order valence-electron chi connectivity index (χ1n) is 7.84. The summed E-state index contributed by atoms with van der Waals surface area (Å²) >= 11 is 0. The molecule has 1 heterocycles. The molecule has 3 N–H and O–H groups in total. The van der Waals surface area contributed by atoms with Crippen LogP contribution in [-0.2, 0) is 0 Å². The Morgan fingerprint density at radius 1 is 1.11 bits per heavy atom. The fourth-order valence-corrected chi connectivity index (χ4v) is 2.59. The zero-order valence-electron chi connectivity index (χ0n) is 14.4. The van der Waals surface area contributed by atoms with E-state index in [1.54, 1.807) is 0 Å². The monoisotopic (exact) mass is 390 g/mol. The first kappa shape index (κ1) is 18.8. The SMILES string of the molecule is COc1ccc([N+](=O)[O-])cc1Nc1cc(NCCO)c([N+](=O)[O-])c2nonc12. The van der Waals surface area contributed by atoms with E-state index in [1.807, 2.05) is 0 Å². The summed E-state index contributed by atoms with van der Waals surface area (Å²) in [5, 5.41) is 44.5. The minimum absolute atomic E-state index is 0.0507. The number of nitro groups is 2. The van der Waals surface area contributed by atoms with Crippen molar-refractivity contribution in [2.24, 2.45) is 0 Å². The predicted octanol–water partition coefficient (Wildman–Crippen LogP) is 2.20. The van der Waals surface area contributed by atoms with Crippen molar-refractivity contribution in [1.82, 2.24) is 10.3 Å². The van der Waals surface area contributed by atoms with Crippen molar-refractivity contribution in [1.29, 1.82) is 0 Å². The fraction of sp³-hybridized carbons (Fsp3) is 0.200. The number of rotatable bonds is 8. The zero-order chi connectivity index (χ0) is 20.3. The molecule has 0 saturated carbocycles. The highest BCUT2D eigenvalue weighted by Gasteiger charge is 2.26. The van der Waals surface area contributed by atoms with Gasteiger partial charge in [-0.1, -0.05) is 0 Å². The van der Waals surface area contributed by atoms with E-state index in [9.17, 15) is 20.2 Å². The van der Waals surface area contributed by atoms with Crippen LogP contribution in [0, 0.1) is 20.2 Å². The van der Waals surface area contributed by atoms with Crippen LogP contribution in [0.1, 0.15) is 0 Å². The Hall–Kier alpha value is -4.00. The average molecular weight is 390 g/mol. The van der Waals surface area contributed by atoms with Crippen molar-refractivity contribution in [3.8, 4) is 5.75 Å². The summed E-state index contributed by atoms with van der Waals surface area (Å²) < 4.78 is 9.85. The van der Waals surface area contributed by atoms with Gasteiger partial charge in [0.2, 0.25) is 5.52 Å². The van der Waals surface area contributed by atoms with E-state index in [1.165, 1.54) is 31.4 Å². The van der Waals surface area contributed by atoms with Gasteiger partial charge in [0.15, 0.2) is 5.52 Å². The third-order valence-corrected chi connectivity index (χ3v) is 3.78. The summed E-state index contributed by atoms with van der Waals surface area (Å²) in [4.78, 5) is 21.3. The number of hydrogen-bond donors (Lipinski definition) is 3. The van der Waals surface area contributed by atoms with Gasteiger partial charge in [-0.25, -0.2) is 4.63 Å². The first-order chi connectivity index (χ1) is 13.5. The van der Waals surface area contributed by atoms with Crippen LogP contribution in [0.4, 0.5) is 28.4 Å². The Labute approximate surface area is 156 Å². The van der Waals surface area contributed by atoms with E-state index in [0.717, 1.165) is 0 Å². The van der Waals surface area contributed by atoms with Gasteiger partial charge in [-0.05, 0) is 22.4 Å². The van der Waals surface area contributed by atoms with Gasteiger partial charge >= 0.3 is 5.69 Å². The third-order valence-electron chi connectivity index (χ3n) is 3.78. The predicted molar refractivity (Wildman–Crippen MR) is 97.0 cm³/mol. The fourth-order valence-electron chi connectivity index (χ4n) is 2.59. The second-order valence-electron chi connectivity index (χ2n) is 5.46. The van der Waals surface area contributed by atoms with Gasteiger partial charge < -0.3 is 20.5 Å². The Morgan fingerprint density at radius 3 is 2.50 bits per heavy atom. The molecule has 0 bridgehead atoms. The highest BCUT2D eigenvalue weighted by atomic mass is 16.6. The number of benzene rings is 2. The average Bonchev–Trinajstić information content (AvgIpc) is 3.15. The van der Waals surface area contributed by atoms with E-state index in [4.69, 9.17) is 9.84 Å². The van der Waals surface area contributed by atoms with Crippen LogP contribution in [0.5, 0.6) is 5.75 Å². The normalized spacial score (nSPS) is 10.6. The molecule has 28 heavy (non-hydrogen) atoms. The van der Waals surface area contributed by atoms with Crippen molar-refractivity contribution < 1.29 is 24.3 Å². The number of fused-ring (bicyclic) bond motifs is 1. The number of aromatic nitrogens is 2. The molecule has 0 radical (unpaired) electrons. The minimum atomic E-state index is -0.649. The van der Waals surface area contributed by atoms with E-state index in [0.29, 0.717) is 5.75 Å². The molecule has 13 nitrogen and oxygen atoms in total. The van der Waals surface area contributed by atoms with Crippen LogP contribution in [0.2, 0.25) is 0 Å². The number of ether oxygens (including phenoxy) is 1. The third kappa shape index (κ3) is 3.45. The second-order valence-corrected chi connectivity index (χ2v) is 5.46. The molecule has 13 heteroatoms. The van der Waals surface area contributed by atoms with Crippen LogP contribution in [-0.4, -0.2) is 45.5 Å². The molecule has 0 amide bonds. The summed E-state index contributed by atoms with van der Waals surface area (Å²) in [6, 6.07) is 5.31. The Morgan fingerprint density at radius 2 is 1.86 bits per heavy atom. The summed E-state index contributed by atoms with van der Waals surface area (Å²) in [6.45, 7) is -0.203. The molecule has 3 aromatic rings. The summed E-state index contributed by atoms with van der Waals surface area (Å²) in [5.41, 5.74) is -0.0903. The van der Waals surface area contributed by atoms with Crippen molar-refractivity contribution >= 4 is 39.5 Å². The van der Waals surface area contributed by atoms with Gasteiger partial charge in [0.05, 0.1) is 34.9 Å². The van der Waals surface area contributed by atoms with Crippen LogP contribution in [0.15, 0.2) is 28.9 Å². The molecular weight excluding hydrogens is 376 g/mol. The zero-order valence-corrected chi connectivity index (χ0v) is 14.4. The van der Waals surface area contributed by atoms with Gasteiger partial charge in [-0.15, -0.1) is 0 Å².